The van der Waals surface area contributed by atoms with Crippen LogP contribution in [0.3, 0.4) is 0 Å². The van der Waals surface area contributed by atoms with Gasteiger partial charge in [0.15, 0.2) is 11.6 Å². The zero-order valence-corrected chi connectivity index (χ0v) is 22.2. The van der Waals surface area contributed by atoms with Crippen molar-refractivity contribution in [3.8, 4) is 0 Å². The molecule has 37 heavy (non-hydrogen) atoms. The first-order chi connectivity index (χ1) is 18.0. The summed E-state index contributed by atoms with van der Waals surface area (Å²) < 4.78 is 0. The van der Waals surface area contributed by atoms with E-state index >= 15 is 0 Å². The number of carbonyl (C=O) groups excluding carboxylic acids is 2. The van der Waals surface area contributed by atoms with Crippen molar-refractivity contribution in [1.82, 2.24) is 9.88 Å². The molecule has 1 aromatic heterocycles. The third-order valence-corrected chi connectivity index (χ3v) is 7.71. The van der Waals surface area contributed by atoms with Gasteiger partial charge in [-0.1, -0.05) is 35.6 Å². The average Bonchev–Trinajstić information content (AvgIpc) is 3.44. The zero-order valence-electron chi connectivity index (χ0n) is 21.3. The standard InChI is InChI=1S/C28H30N6O2S/c1-4-33(5-2)20-12-10-19(11-13-20)30-31-28-29-27(34-16-14-32(3)15-17-34)24(37-28)18-23-25(35)21-8-6-7-9-22(21)26(23)36/h6-13,18H,4-5,14-17H2,1-3H3/b31-30+. The Hall–Kier alpha value is -3.69. The van der Waals surface area contributed by atoms with Crippen LogP contribution in [0.4, 0.5) is 22.3 Å². The number of piperazine rings is 1. The lowest BCUT2D eigenvalue weighted by Crippen LogP contribution is -2.44. The predicted molar refractivity (Wildman–Crippen MR) is 149 cm³/mol. The molecule has 2 aromatic carbocycles. The van der Waals surface area contributed by atoms with Crippen LogP contribution in [0.5, 0.6) is 0 Å². The number of azo groups is 1. The molecule has 0 saturated carbocycles. The quantitative estimate of drug-likeness (QED) is 0.231. The first-order valence-electron chi connectivity index (χ1n) is 12.6. The molecular weight excluding hydrogens is 484 g/mol. The summed E-state index contributed by atoms with van der Waals surface area (Å²) in [5.74, 6) is 0.262. The minimum Gasteiger partial charge on any atom is -0.372 e. The Bertz CT molecular complexity index is 1330. The summed E-state index contributed by atoms with van der Waals surface area (Å²) in [5, 5.41) is 9.31. The molecule has 190 valence electrons. The van der Waals surface area contributed by atoms with Gasteiger partial charge in [0.05, 0.1) is 16.1 Å². The van der Waals surface area contributed by atoms with E-state index in [1.807, 2.05) is 24.3 Å². The van der Waals surface area contributed by atoms with E-state index in [1.54, 1.807) is 30.3 Å². The maximum atomic E-state index is 13.0. The van der Waals surface area contributed by atoms with Gasteiger partial charge in [0.25, 0.3) is 0 Å². The summed E-state index contributed by atoms with van der Waals surface area (Å²) in [7, 11) is 2.10. The fourth-order valence-electron chi connectivity index (χ4n) is 4.65. The first kappa shape index (κ1) is 25.0. The third kappa shape index (κ3) is 5.10. The van der Waals surface area contributed by atoms with Crippen molar-refractivity contribution in [2.45, 2.75) is 13.8 Å². The third-order valence-electron chi connectivity index (χ3n) is 6.84. The van der Waals surface area contributed by atoms with Crippen LogP contribution in [0, 0.1) is 0 Å². The van der Waals surface area contributed by atoms with Gasteiger partial charge in [0.2, 0.25) is 5.13 Å². The van der Waals surface area contributed by atoms with Gasteiger partial charge in [-0.2, -0.15) is 4.98 Å². The van der Waals surface area contributed by atoms with Gasteiger partial charge in [0, 0.05) is 56.1 Å². The molecule has 1 aliphatic carbocycles. The van der Waals surface area contributed by atoms with Crippen LogP contribution in [-0.2, 0) is 0 Å². The van der Waals surface area contributed by atoms with E-state index in [0.29, 0.717) is 16.3 Å². The highest BCUT2D eigenvalue weighted by Crippen LogP contribution is 2.37. The van der Waals surface area contributed by atoms with Crippen molar-refractivity contribution in [2.24, 2.45) is 10.2 Å². The van der Waals surface area contributed by atoms with Crippen LogP contribution >= 0.6 is 11.3 Å². The first-order valence-corrected chi connectivity index (χ1v) is 13.4. The molecule has 0 spiro atoms. The predicted octanol–water partition coefficient (Wildman–Crippen LogP) is 5.62. The number of hydrogen-bond acceptors (Lipinski definition) is 9. The molecule has 0 amide bonds. The normalized spacial score (nSPS) is 16.1. The maximum Gasteiger partial charge on any atom is 0.232 e. The van der Waals surface area contributed by atoms with Crippen LogP contribution in [-0.4, -0.2) is 67.8 Å². The smallest absolute Gasteiger partial charge is 0.232 e. The largest absolute Gasteiger partial charge is 0.372 e. The molecule has 1 fully saturated rings. The summed E-state index contributed by atoms with van der Waals surface area (Å²) in [6.07, 6.45) is 1.69. The lowest BCUT2D eigenvalue weighted by atomic mass is 10.1. The van der Waals surface area contributed by atoms with Crippen LogP contribution < -0.4 is 9.80 Å². The van der Waals surface area contributed by atoms with Crippen LogP contribution in [0.15, 0.2) is 64.3 Å². The number of thiazole rings is 1. The molecule has 0 bridgehead atoms. The van der Waals surface area contributed by atoms with E-state index in [2.05, 4.69) is 45.8 Å². The van der Waals surface area contributed by atoms with E-state index in [4.69, 9.17) is 4.98 Å². The SMILES string of the molecule is CCN(CC)c1ccc(/N=N/c2nc(N3CCN(C)CC3)c(C=C3C(=O)c4ccccc4C3=O)s2)cc1. The topological polar surface area (TPSA) is 81.5 Å². The number of Topliss-reactive ketones (excluding diaryl/α,β-unsaturated/α-hetero) is 2. The molecule has 8 nitrogen and oxygen atoms in total. The molecule has 0 atom stereocenters. The Kier molecular flexibility index (Phi) is 7.25. The number of anilines is 2. The van der Waals surface area contributed by atoms with E-state index in [9.17, 15) is 9.59 Å². The Morgan fingerprint density at radius 2 is 1.54 bits per heavy atom. The Labute approximate surface area is 220 Å². The number of rotatable bonds is 7. The molecule has 1 saturated heterocycles. The number of likely N-dealkylation sites (N-methyl/N-ethyl adjacent to an activating group) is 1. The summed E-state index contributed by atoms with van der Waals surface area (Å²) in [6.45, 7) is 9.59. The van der Waals surface area contributed by atoms with E-state index < -0.39 is 0 Å². The highest BCUT2D eigenvalue weighted by Gasteiger charge is 2.33. The van der Waals surface area contributed by atoms with Gasteiger partial charge in [-0.15, -0.1) is 10.2 Å². The molecule has 2 aliphatic rings. The molecular formula is C28H30N6O2S. The second kappa shape index (κ2) is 10.7. The number of nitrogens with zero attached hydrogens (tertiary/aromatic N) is 6. The maximum absolute atomic E-state index is 13.0. The lowest BCUT2D eigenvalue weighted by Gasteiger charge is -2.32. The molecule has 9 heteroatoms. The van der Waals surface area contributed by atoms with Crippen molar-refractivity contribution in [1.29, 1.82) is 0 Å². The van der Waals surface area contributed by atoms with Gasteiger partial charge in [-0.25, -0.2) is 0 Å². The molecule has 0 N–H and O–H groups in total. The van der Waals surface area contributed by atoms with Gasteiger partial charge in [0.1, 0.15) is 5.82 Å². The van der Waals surface area contributed by atoms with Crippen molar-refractivity contribution < 1.29 is 9.59 Å². The summed E-state index contributed by atoms with van der Waals surface area (Å²) in [4.78, 5) is 38.3. The van der Waals surface area contributed by atoms with Crippen molar-refractivity contribution in [3.63, 3.8) is 0 Å². The van der Waals surface area contributed by atoms with E-state index in [-0.39, 0.29) is 17.1 Å². The highest BCUT2D eigenvalue weighted by molar-refractivity contribution is 7.16. The van der Waals surface area contributed by atoms with Crippen molar-refractivity contribution in [2.75, 3.05) is 56.1 Å². The monoisotopic (exact) mass is 514 g/mol. The van der Waals surface area contributed by atoms with Gasteiger partial charge in [-0.05, 0) is 51.2 Å². The summed E-state index contributed by atoms with van der Waals surface area (Å²) in [5.41, 5.74) is 2.98. The molecule has 1 aliphatic heterocycles. The number of allylic oxidation sites excluding steroid dienone is 1. The number of benzene rings is 2. The van der Waals surface area contributed by atoms with Crippen LogP contribution in [0.1, 0.15) is 39.4 Å². The molecule has 3 aromatic rings. The summed E-state index contributed by atoms with van der Waals surface area (Å²) >= 11 is 1.34. The van der Waals surface area contributed by atoms with Crippen molar-refractivity contribution >= 4 is 51.3 Å². The fraction of sp³-hybridized carbons (Fsp3) is 0.321. The summed E-state index contributed by atoms with van der Waals surface area (Å²) in [6, 6.07) is 15.0. The van der Waals surface area contributed by atoms with Gasteiger partial charge < -0.3 is 14.7 Å². The van der Waals surface area contributed by atoms with Crippen molar-refractivity contribution in [3.05, 3.63) is 70.1 Å². The minimum absolute atomic E-state index is 0.177. The lowest BCUT2D eigenvalue weighted by molar-refractivity contribution is 0.0990. The average molecular weight is 515 g/mol. The Morgan fingerprint density at radius 3 is 2.14 bits per heavy atom. The molecule has 0 radical (unpaired) electrons. The van der Waals surface area contributed by atoms with Gasteiger partial charge in [-0.3, -0.25) is 9.59 Å². The second-order valence-corrected chi connectivity index (χ2v) is 10.1. The Morgan fingerprint density at radius 1 is 0.919 bits per heavy atom. The number of ketones is 2. The van der Waals surface area contributed by atoms with Crippen LogP contribution in [0.2, 0.25) is 0 Å². The van der Waals surface area contributed by atoms with E-state index in [0.717, 1.165) is 61.3 Å². The number of carbonyl (C=O) groups is 2. The number of hydrogen-bond donors (Lipinski definition) is 0. The number of fused-ring (bicyclic) bond motifs is 1. The molecule has 5 rings (SSSR count). The molecule has 2 heterocycles. The fourth-order valence-corrected chi connectivity index (χ4v) is 5.50. The second-order valence-electron chi connectivity index (χ2n) is 9.13. The number of aromatic nitrogens is 1. The highest BCUT2D eigenvalue weighted by atomic mass is 32.1. The minimum atomic E-state index is -0.241. The van der Waals surface area contributed by atoms with Crippen LogP contribution in [0.25, 0.3) is 6.08 Å². The molecule has 0 unspecified atom stereocenters. The van der Waals surface area contributed by atoms with E-state index in [1.165, 1.54) is 11.3 Å². The van der Waals surface area contributed by atoms with Gasteiger partial charge >= 0.3 is 0 Å². The zero-order chi connectivity index (χ0) is 25.9. The Balaban J connectivity index is 1.45.